The molecule has 0 bridgehead atoms. The highest BCUT2D eigenvalue weighted by molar-refractivity contribution is 5.40. The van der Waals surface area contributed by atoms with Gasteiger partial charge in [-0.25, -0.2) is 0 Å². The van der Waals surface area contributed by atoms with Crippen molar-refractivity contribution in [3.63, 3.8) is 0 Å². The smallest absolute Gasteiger partial charge is 0.120 e. The van der Waals surface area contributed by atoms with E-state index in [1.54, 1.807) is 12.4 Å². The summed E-state index contributed by atoms with van der Waals surface area (Å²) in [7, 11) is 0. The molecule has 3 rings (SSSR count). The Bertz CT molecular complexity index is 539. The van der Waals surface area contributed by atoms with Crippen LogP contribution in [-0.4, -0.2) is 4.98 Å². The molecule has 18 heavy (non-hydrogen) atoms. The monoisotopic (exact) mass is 240 g/mol. The molecule has 3 nitrogen and oxygen atoms in total. The van der Waals surface area contributed by atoms with Crippen LogP contribution in [0.2, 0.25) is 0 Å². The highest BCUT2D eigenvalue weighted by Crippen LogP contribution is 2.31. The van der Waals surface area contributed by atoms with Crippen molar-refractivity contribution in [2.24, 2.45) is 5.73 Å². The maximum atomic E-state index is 6.01. The normalized spacial score (nSPS) is 17.5. The summed E-state index contributed by atoms with van der Waals surface area (Å²) in [5.41, 5.74) is 9.74. The van der Waals surface area contributed by atoms with Gasteiger partial charge in [-0.2, -0.15) is 0 Å². The molecule has 1 aliphatic rings. The van der Waals surface area contributed by atoms with Crippen LogP contribution in [0.15, 0.2) is 42.7 Å². The molecule has 0 fully saturated rings. The third kappa shape index (κ3) is 2.22. The van der Waals surface area contributed by atoms with Gasteiger partial charge in [0.2, 0.25) is 0 Å². The van der Waals surface area contributed by atoms with Gasteiger partial charge in [0.15, 0.2) is 0 Å². The second kappa shape index (κ2) is 4.78. The van der Waals surface area contributed by atoms with Crippen LogP contribution in [0.3, 0.4) is 0 Å². The van der Waals surface area contributed by atoms with Crippen LogP contribution in [-0.2, 0) is 13.0 Å². The Hall–Kier alpha value is -1.87. The summed E-state index contributed by atoms with van der Waals surface area (Å²) in [4.78, 5) is 3.99. The molecule has 1 atom stereocenters. The first-order valence-electron chi connectivity index (χ1n) is 6.23. The summed E-state index contributed by atoms with van der Waals surface area (Å²) in [6, 6.07) is 10.3. The molecule has 2 N–H and O–H groups in total. The van der Waals surface area contributed by atoms with Gasteiger partial charge in [-0.15, -0.1) is 0 Å². The zero-order valence-corrected chi connectivity index (χ0v) is 10.2. The molecular weight excluding hydrogens is 224 g/mol. The van der Waals surface area contributed by atoms with E-state index >= 15 is 0 Å². The lowest BCUT2D eigenvalue weighted by Gasteiger charge is -2.09. The van der Waals surface area contributed by atoms with E-state index in [9.17, 15) is 0 Å². The number of aryl methyl sites for hydroxylation is 1. The van der Waals surface area contributed by atoms with E-state index in [1.807, 2.05) is 18.2 Å². The van der Waals surface area contributed by atoms with Crippen LogP contribution in [0.25, 0.3) is 0 Å². The van der Waals surface area contributed by atoms with Crippen LogP contribution in [0, 0.1) is 0 Å². The molecule has 0 aliphatic heterocycles. The molecule has 0 amide bonds. The Morgan fingerprint density at radius 1 is 1.22 bits per heavy atom. The van der Waals surface area contributed by atoms with Crippen molar-refractivity contribution in [1.82, 2.24) is 4.98 Å². The van der Waals surface area contributed by atoms with E-state index in [0.717, 1.165) is 24.2 Å². The third-order valence-corrected chi connectivity index (χ3v) is 3.39. The number of ether oxygens (including phenoxy) is 1. The number of benzene rings is 1. The molecule has 1 aromatic carbocycles. The summed E-state index contributed by atoms with van der Waals surface area (Å²) in [5, 5.41) is 0. The highest BCUT2D eigenvalue weighted by atomic mass is 16.5. The van der Waals surface area contributed by atoms with Crippen molar-refractivity contribution in [2.75, 3.05) is 0 Å². The lowest BCUT2D eigenvalue weighted by Crippen LogP contribution is -2.05. The average Bonchev–Trinajstić information content (AvgIpc) is 2.79. The first-order chi connectivity index (χ1) is 8.83. The number of nitrogens with zero attached hydrogens (tertiary/aromatic N) is 1. The Labute approximate surface area is 107 Å². The van der Waals surface area contributed by atoms with Crippen molar-refractivity contribution in [1.29, 1.82) is 0 Å². The van der Waals surface area contributed by atoms with Crippen LogP contribution >= 0.6 is 0 Å². The highest BCUT2D eigenvalue weighted by Gasteiger charge is 2.18. The Kier molecular flexibility index (Phi) is 2.99. The molecule has 0 saturated heterocycles. The Morgan fingerprint density at radius 3 is 2.89 bits per heavy atom. The van der Waals surface area contributed by atoms with Crippen LogP contribution in [0.5, 0.6) is 5.75 Å². The molecule has 0 unspecified atom stereocenters. The second-order valence-corrected chi connectivity index (χ2v) is 4.65. The van der Waals surface area contributed by atoms with E-state index in [0.29, 0.717) is 6.61 Å². The fourth-order valence-electron chi connectivity index (χ4n) is 2.36. The molecule has 1 aliphatic carbocycles. The minimum atomic E-state index is 0.203. The van der Waals surface area contributed by atoms with Crippen molar-refractivity contribution < 1.29 is 4.74 Å². The van der Waals surface area contributed by atoms with Crippen molar-refractivity contribution in [2.45, 2.75) is 25.5 Å². The summed E-state index contributed by atoms with van der Waals surface area (Å²) in [6.45, 7) is 0.577. The SMILES string of the molecule is N[C@H]1CCc2cc(OCc3ccncc3)ccc21. The van der Waals surface area contributed by atoms with Gasteiger partial charge in [-0.3, -0.25) is 4.98 Å². The van der Waals surface area contributed by atoms with Gasteiger partial charge in [0.1, 0.15) is 12.4 Å². The number of hydrogen-bond donors (Lipinski definition) is 1. The summed E-state index contributed by atoms with van der Waals surface area (Å²) in [5.74, 6) is 0.916. The number of nitrogens with two attached hydrogens (primary N) is 1. The zero-order valence-electron chi connectivity index (χ0n) is 10.2. The van der Waals surface area contributed by atoms with Gasteiger partial charge < -0.3 is 10.5 Å². The minimum absolute atomic E-state index is 0.203. The maximum absolute atomic E-state index is 6.01. The molecule has 1 aromatic heterocycles. The van der Waals surface area contributed by atoms with Gasteiger partial charge in [0.05, 0.1) is 0 Å². The second-order valence-electron chi connectivity index (χ2n) is 4.65. The zero-order chi connectivity index (χ0) is 12.4. The lowest BCUT2D eigenvalue weighted by atomic mass is 10.1. The standard InChI is InChI=1S/C15H16N2O/c16-15-4-1-12-9-13(2-3-14(12)15)18-10-11-5-7-17-8-6-11/h2-3,5-9,15H,1,4,10,16H2/t15-/m0/s1. The molecule has 0 radical (unpaired) electrons. The van der Waals surface area contributed by atoms with Crippen LogP contribution in [0.4, 0.5) is 0 Å². The summed E-state index contributed by atoms with van der Waals surface area (Å²) in [6.07, 6.45) is 5.66. The molecule has 1 heterocycles. The Balaban J connectivity index is 1.71. The van der Waals surface area contributed by atoms with Crippen molar-refractivity contribution in [3.8, 4) is 5.75 Å². The predicted octanol–water partition coefficient (Wildman–Crippen LogP) is 2.61. The largest absolute Gasteiger partial charge is 0.489 e. The molecule has 2 aromatic rings. The first kappa shape index (κ1) is 11.2. The number of aromatic nitrogens is 1. The number of fused-ring (bicyclic) bond motifs is 1. The van der Waals surface area contributed by atoms with E-state index in [4.69, 9.17) is 10.5 Å². The van der Waals surface area contributed by atoms with E-state index in [2.05, 4.69) is 17.1 Å². The maximum Gasteiger partial charge on any atom is 0.120 e. The quantitative estimate of drug-likeness (QED) is 0.897. The molecule has 92 valence electrons. The number of rotatable bonds is 3. The topological polar surface area (TPSA) is 48.1 Å². The molecule has 0 spiro atoms. The predicted molar refractivity (Wildman–Crippen MR) is 70.3 cm³/mol. The van der Waals surface area contributed by atoms with Gasteiger partial charge in [-0.1, -0.05) is 6.07 Å². The van der Waals surface area contributed by atoms with Crippen molar-refractivity contribution in [3.05, 3.63) is 59.4 Å². The Morgan fingerprint density at radius 2 is 2.06 bits per heavy atom. The van der Waals surface area contributed by atoms with E-state index < -0.39 is 0 Å². The van der Waals surface area contributed by atoms with Gasteiger partial charge in [0.25, 0.3) is 0 Å². The minimum Gasteiger partial charge on any atom is -0.489 e. The summed E-state index contributed by atoms with van der Waals surface area (Å²) < 4.78 is 5.78. The van der Waals surface area contributed by atoms with Gasteiger partial charge in [0, 0.05) is 18.4 Å². The fraction of sp³-hybridized carbons (Fsp3) is 0.267. The van der Waals surface area contributed by atoms with Crippen LogP contribution in [0.1, 0.15) is 29.2 Å². The van der Waals surface area contributed by atoms with E-state index in [-0.39, 0.29) is 6.04 Å². The average molecular weight is 240 g/mol. The van der Waals surface area contributed by atoms with Crippen molar-refractivity contribution >= 4 is 0 Å². The lowest BCUT2D eigenvalue weighted by molar-refractivity contribution is 0.306. The van der Waals surface area contributed by atoms with E-state index in [1.165, 1.54) is 11.1 Å². The number of pyridine rings is 1. The van der Waals surface area contributed by atoms with Gasteiger partial charge in [-0.05, 0) is 53.8 Å². The molecule has 0 saturated carbocycles. The fourth-order valence-corrected chi connectivity index (χ4v) is 2.36. The third-order valence-electron chi connectivity index (χ3n) is 3.39. The first-order valence-corrected chi connectivity index (χ1v) is 6.23. The molecule has 3 heteroatoms. The summed E-state index contributed by atoms with van der Waals surface area (Å²) >= 11 is 0. The molecular formula is C15H16N2O. The number of hydrogen-bond acceptors (Lipinski definition) is 3. The van der Waals surface area contributed by atoms with Crippen LogP contribution < -0.4 is 10.5 Å². The van der Waals surface area contributed by atoms with Gasteiger partial charge >= 0.3 is 0 Å².